The molecule has 0 aliphatic rings. The zero-order chi connectivity index (χ0) is 24.6. The summed E-state index contributed by atoms with van der Waals surface area (Å²) < 4.78 is 32.6. The number of carbonyl (C=O) groups is 3. The zero-order valence-electron chi connectivity index (χ0n) is 19.0. The summed E-state index contributed by atoms with van der Waals surface area (Å²) in [6.45, 7) is 5.32. The molecule has 0 heterocycles. The van der Waals surface area contributed by atoms with Gasteiger partial charge in [-0.3, -0.25) is 14.4 Å². The topological polar surface area (TPSA) is 131 Å². The van der Waals surface area contributed by atoms with Crippen LogP contribution in [0.3, 0.4) is 0 Å². The number of rotatable bonds is 10. The lowest BCUT2D eigenvalue weighted by atomic mass is 10.0. The van der Waals surface area contributed by atoms with Gasteiger partial charge in [-0.2, -0.15) is 4.72 Å². The fourth-order valence-corrected chi connectivity index (χ4v) is 4.16. The number of anilines is 1. The van der Waals surface area contributed by atoms with Crippen LogP contribution in [0.2, 0.25) is 0 Å². The summed E-state index contributed by atoms with van der Waals surface area (Å²) in [6.07, 6.45) is 0.274. The number of esters is 1. The van der Waals surface area contributed by atoms with Gasteiger partial charge in [-0.25, -0.2) is 8.42 Å². The molecular formula is C23H29N3O6S. The summed E-state index contributed by atoms with van der Waals surface area (Å²) in [7, 11) is -2.70. The minimum atomic E-state index is -3.92. The van der Waals surface area contributed by atoms with Crippen molar-refractivity contribution in [1.29, 1.82) is 0 Å². The zero-order valence-corrected chi connectivity index (χ0v) is 19.9. The average Bonchev–Trinajstić information content (AvgIpc) is 2.76. The van der Waals surface area contributed by atoms with E-state index in [0.29, 0.717) is 5.69 Å². The maximum Gasteiger partial charge on any atom is 0.325 e. The van der Waals surface area contributed by atoms with Crippen molar-refractivity contribution in [2.24, 2.45) is 5.92 Å². The molecule has 33 heavy (non-hydrogen) atoms. The molecule has 0 saturated heterocycles. The maximum absolute atomic E-state index is 12.9. The van der Waals surface area contributed by atoms with Gasteiger partial charge in [0.25, 0.3) is 5.91 Å². The van der Waals surface area contributed by atoms with Crippen LogP contribution in [0.15, 0.2) is 53.4 Å². The third-order valence-corrected chi connectivity index (χ3v) is 6.15. The van der Waals surface area contributed by atoms with Crippen molar-refractivity contribution in [3.8, 4) is 0 Å². The average molecular weight is 476 g/mol. The van der Waals surface area contributed by atoms with Crippen molar-refractivity contribution in [2.75, 3.05) is 19.0 Å². The molecule has 3 N–H and O–H groups in total. The molecule has 1 unspecified atom stereocenters. The van der Waals surface area contributed by atoms with E-state index >= 15 is 0 Å². The van der Waals surface area contributed by atoms with E-state index in [1.165, 1.54) is 31.4 Å². The lowest BCUT2D eigenvalue weighted by Crippen LogP contribution is -2.44. The molecule has 1 atom stereocenters. The van der Waals surface area contributed by atoms with Crippen LogP contribution in [-0.4, -0.2) is 45.9 Å². The van der Waals surface area contributed by atoms with Gasteiger partial charge >= 0.3 is 5.97 Å². The second-order valence-corrected chi connectivity index (χ2v) is 9.66. The number of amides is 2. The molecule has 9 nitrogen and oxygen atoms in total. The molecule has 0 spiro atoms. The third-order valence-electron chi connectivity index (χ3n) is 4.67. The Morgan fingerprint density at radius 1 is 1.03 bits per heavy atom. The molecule has 0 aliphatic heterocycles. The summed E-state index contributed by atoms with van der Waals surface area (Å²) in [5.41, 5.74) is 1.45. The summed E-state index contributed by atoms with van der Waals surface area (Å²) in [5.74, 6) is -1.62. The Hall–Kier alpha value is -3.24. The van der Waals surface area contributed by atoms with Crippen molar-refractivity contribution < 1.29 is 27.5 Å². The second kappa shape index (κ2) is 11.6. The van der Waals surface area contributed by atoms with Crippen LogP contribution < -0.4 is 15.4 Å². The van der Waals surface area contributed by atoms with E-state index in [9.17, 15) is 22.8 Å². The highest BCUT2D eigenvalue weighted by atomic mass is 32.2. The number of nitrogens with one attached hydrogen (secondary N) is 3. The van der Waals surface area contributed by atoms with Crippen molar-refractivity contribution >= 4 is 33.5 Å². The van der Waals surface area contributed by atoms with Crippen LogP contribution in [-0.2, 0) is 24.3 Å². The molecule has 0 aromatic heterocycles. The van der Waals surface area contributed by atoms with Crippen molar-refractivity contribution in [2.45, 2.75) is 38.1 Å². The largest absolute Gasteiger partial charge is 0.468 e. The first-order valence-corrected chi connectivity index (χ1v) is 11.8. The van der Waals surface area contributed by atoms with Crippen molar-refractivity contribution in [3.05, 3.63) is 59.7 Å². The Morgan fingerprint density at radius 2 is 1.70 bits per heavy atom. The normalized spacial score (nSPS) is 12.2. The van der Waals surface area contributed by atoms with E-state index < -0.39 is 33.8 Å². The Morgan fingerprint density at radius 3 is 2.30 bits per heavy atom. The highest BCUT2D eigenvalue weighted by Gasteiger charge is 2.27. The number of methoxy groups -OCH3 is 1. The lowest BCUT2D eigenvalue weighted by Gasteiger charge is -2.20. The standard InChI is InChI=1S/C23H29N3O6S/c1-15(2)12-20(26-33(30,31)19-10-8-16(3)9-11-19)23(29)25-18-7-5-6-17(13-18)22(28)24-14-21(27)32-4/h5-11,13,15,20,26H,12,14H2,1-4H3,(H,24,28)(H,25,29). The predicted molar refractivity (Wildman–Crippen MR) is 124 cm³/mol. The lowest BCUT2D eigenvalue weighted by molar-refractivity contribution is -0.139. The minimum absolute atomic E-state index is 0.0388. The van der Waals surface area contributed by atoms with Gasteiger partial charge in [0.2, 0.25) is 15.9 Å². The maximum atomic E-state index is 12.9. The Kier molecular flexibility index (Phi) is 9.12. The molecule has 0 radical (unpaired) electrons. The van der Waals surface area contributed by atoms with Crippen molar-refractivity contribution in [3.63, 3.8) is 0 Å². The van der Waals surface area contributed by atoms with Crippen molar-refractivity contribution in [1.82, 2.24) is 10.0 Å². The monoisotopic (exact) mass is 475 g/mol. The second-order valence-electron chi connectivity index (χ2n) is 7.95. The molecule has 2 rings (SSSR count). The first-order chi connectivity index (χ1) is 15.5. The van der Waals surface area contributed by atoms with Gasteiger partial charge in [0, 0.05) is 11.3 Å². The molecule has 0 bridgehead atoms. The SMILES string of the molecule is COC(=O)CNC(=O)c1cccc(NC(=O)C(CC(C)C)NS(=O)(=O)c2ccc(C)cc2)c1. The molecule has 2 aromatic carbocycles. The highest BCUT2D eigenvalue weighted by Crippen LogP contribution is 2.16. The van der Waals surface area contributed by atoms with Crippen LogP contribution >= 0.6 is 0 Å². The first kappa shape index (κ1) is 26.0. The van der Waals surface area contributed by atoms with Gasteiger partial charge in [0.05, 0.1) is 12.0 Å². The highest BCUT2D eigenvalue weighted by molar-refractivity contribution is 7.89. The Bertz CT molecular complexity index is 1100. The van der Waals surface area contributed by atoms with Gasteiger partial charge in [-0.1, -0.05) is 37.6 Å². The van der Waals surface area contributed by atoms with Gasteiger partial charge in [0.1, 0.15) is 12.6 Å². The van der Waals surface area contributed by atoms with Gasteiger partial charge in [0.15, 0.2) is 0 Å². The smallest absolute Gasteiger partial charge is 0.325 e. The number of sulfonamides is 1. The Labute approximate surface area is 194 Å². The van der Waals surface area contributed by atoms with Crippen LogP contribution in [0.1, 0.15) is 36.2 Å². The number of carbonyl (C=O) groups excluding carboxylic acids is 3. The summed E-state index contributed by atoms with van der Waals surface area (Å²) in [5, 5.41) is 5.08. The molecule has 0 saturated carbocycles. The van der Waals surface area contributed by atoms with Crippen LogP contribution in [0, 0.1) is 12.8 Å². The molecule has 0 aliphatic carbocycles. The van der Waals surface area contributed by atoms with E-state index in [4.69, 9.17) is 0 Å². The predicted octanol–water partition coefficient (Wildman–Crippen LogP) is 2.23. The number of benzene rings is 2. The van der Waals surface area contributed by atoms with Crippen LogP contribution in [0.4, 0.5) is 5.69 Å². The number of hydrogen-bond donors (Lipinski definition) is 3. The fraction of sp³-hybridized carbons (Fsp3) is 0.348. The number of ether oxygens (including phenoxy) is 1. The van der Waals surface area contributed by atoms with Gasteiger partial charge in [-0.15, -0.1) is 0 Å². The Balaban J connectivity index is 2.16. The van der Waals surface area contributed by atoms with Gasteiger partial charge in [-0.05, 0) is 49.6 Å². The van der Waals surface area contributed by atoms with E-state index in [-0.39, 0.29) is 29.3 Å². The molecular weight excluding hydrogens is 446 g/mol. The molecule has 0 fully saturated rings. The molecule has 2 amide bonds. The van der Waals surface area contributed by atoms with E-state index in [1.807, 2.05) is 20.8 Å². The van der Waals surface area contributed by atoms with E-state index in [1.54, 1.807) is 24.3 Å². The summed E-state index contributed by atoms with van der Waals surface area (Å²) >= 11 is 0. The minimum Gasteiger partial charge on any atom is -0.468 e. The summed E-state index contributed by atoms with van der Waals surface area (Å²) in [6, 6.07) is 11.4. The fourth-order valence-electron chi connectivity index (χ4n) is 2.95. The van der Waals surface area contributed by atoms with Crippen LogP contribution in [0.5, 0.6) is 0 Å². The molecule has 178 valence electrons. The molecule has 2 aromatic rings. The number of hydrogen-bond acceptors (Lipinski definition) is 6. The third kappa shape index (κ3) is 7.99. The molecule has 10 heteroatoms. The van der Waals surface area contributed by atoms with Crippen LogP contribution in [0.25, 0.3) is 0 Å². The quantitative estimate of drug-likeness (QED) is 0.452. The van der Waals surface area contributed by atoms with Gasteiger partial charge < -0.3 is 15.4 Å². The summed E-state index contributed by atoms with van der Waals surface area (Å²) in [4.78, 5) is 36.4. The van der Waals surface area contributed by atoms with E-state index in [2.05, 4.69) is 20.1 Å². The first-order valence-electron chi connectivity index (χ1n) is 10.4. The number of aryl methyl sites for hydroxylation is 1. The van der Waals surface area contributed by atoms with E-state index in [0.717, 1.165) is 5.56 Å².